The second-order valence-corrected chi connectivity index (χ2v) is 11.6. The summed E-state index contributed by atoms with van der Waals surface area (Å²) < 4.78 is 12.1. The number of rotatable bonds is 5. The quantitative estimate of drug-likeness (QED) is 0.260. The van der Waals surface area contributed by atoms with E-state index in [1.54, 1.807) is 28.8 Å². The maximum absolute atomic E-state index is 13.7. The van der Waals surface area contributed by atoms with E-state index >= 15 is 0 Å². The first kappa shape index (κ1) is 28.2. The second kappa shape index (κ2) is 10.6. The first-order valence-corrected chi connectivity index (χ1v) is 13.6. The molecule has 41 heavy (non-hydrogen) atoms. The standard InChI is InChI=1S/C33H31ClN2O5/c1-18-7-16-24-23(17-18)25(30(37)35-24)26-27(31(38)40-5)29(32(39)41-6)36(28(26)19-8-12-21(34)13-9-19)22-14-10-20(11-15-22)33(2,3)4/h7-17,25H,1-6H3,(H,35,37). The van der Waals surface area contributed by atoms with Gasteiger partial charge in [-0.25, -0.2) is 9.59 Å². The summed E-state index contributed by atoms with van der Waals surface area (Å²) in [5.74, 6) is -2.71. The number of carbonyl (C=O) groups is 3. The molecular weight excluding hydrogens is 540 g/mol. The van der Waals surface area contributed by atoms with Gasteiger partial charge in [0.25, 0.3) is 0 Å². The zero-order valence-corrected chi connectivity index (χ0v) is 24.6. The fraction of sp³-hybridized carbons (Fsp3) is 0.242. The Kier molecular flexibility index (Phi) is 7.26. The molecule has 0 aliphatic carbocycles. The Labute approximate surface area is 244 Å². The van der Waals surface area contributed by atoms with Crippen LogP contribution in [0.2, 0.25) is 5.02 Å². The highest BCUT2D eigenvalue weighted by Crippen LogP contribution is 2.47. The number of anilines is 1. The highest BCUT2D eigenvalue weighted by atomic mass is 35.5. The van der Waals surface area contributed by atoms with Crippen LogP contribution in [-0.2, 0) is 19.7 Å². The summed E-state index contributed by atoms with van der Waals surface area (Å²) in [6.45, 7) is 8.27. The number of ether oxygens (including phenoxy) is 2. The first-order valence-electron chi connectivity index (χ1n) is 13.2. The molecular formula is C33H31ClN2O5. The van der Waals surface area contributed by atoms with Crippen molar-refractivity contribution in [1.29, 1.82) is 0 Å². The van der Waals surface area contributed by atoms with Crippen molar-refractivity contribution in [1.82, 2.24) is 4.57 Å². The van der Waals surface area contributed by atoms with Gasteiger partial charge in [-0.3, -0.25) is 4.79 Å². The summed E-state index contributed by atoms with van der Waals surface area (Å²) in [6, 6.07) is 20.5. The van der Waals surface area contributed by atoms with Crippen molar-refractivity contribution in [2.75, 3.05) is 19.5 Å². The number of nitrogens with one attached hydrogen (secondary N) is 1. The Morgan fingerprint density at radius 2 is 1.54 bits per heavy atom. The van der Waals surface area contributed by atoms with E-state index in [0.717, 1.165) is 11.1 Å². The van der Waals surface area contributed by atoms with Gasteiger partial charge in [-0.05, 0) is 59.4 Å². The topological polar surface area (TPSA) is 86.6 Å². The minimum absolute atomic E-state index is 0.0290. The molecule has 0 radical (unpaired) electrons. The average Bonchev–Trinajstić information content (AvgIpc) is 3.45. The van der Waals surface area contributed by atoms with Crippen LogP contribution in [-0.4, -0.2) is 36.6 Å². The Hall–Kier alpha value is -4.36. The number of fused-ring (bicyclic) bond motifs is 1. The molecule has 0 saturated heterocycles. The molecule has 0 bridgehead atoms. The molecule has 0 saturated carbocycles. The summed E-state index contributed by atoms with van der Waals surface area (Å²) in [6.07, 6.45) is 0. The lowest BCUT2D eigenvalue weighted by Crippen LogP contribution is -2.18. The van der Waals surface area contributed by atoms with E-state index in [2.05, 4.69) is 26.1 Å². The van der Waals surface area contributed by atoms with Crippen molar-refractivity contribution < 1.29 is 23.9 Å². The van der Waals surface area contributed by atoms with Gasteiger partial charge in [0, 0.05) is 22.0 Å². The number of nitrogens with zero attached hydrogens (tertiary/aromatic N) is 1. The van der Waals surface area contributed by atoms with Crippen molar-refractivity contribution in [3.63, 3.8) is 0 Å². The van der Waals surface area contributed by atoms with Crippen molar-refractivity contribution in [3.05, 3.63) is 105 Å². The van der Waals surface area contributed by atoms with Crippen molar-refractivity contribution in [2.24, 2.45) is 0 Å². The molecule has 1 atom stereocenters. The molecule has 4 aromatic rings. The van der Waals surface area contributed by atoms with Crippen LogP contribution in [0.5, 0.6) is 0 Å². The Morgan fingerprint density at radius 3 is 2.12 bits per heavy atom. The number of aromatic nitrogens is 1. The molecule has 1 N–H and O–H groups in total. The molecule has 1 unspecified atom stereocenters. The maximum atomic E-state index is 13.7. The summed E-state index contributed by atoms with van der Waals surface area (Å²) in [7, 11) is 2.50. The Bertz CT molecular complexity index is 1680. The molecule has 0 fully saturated rings. The third-order valence-corrected chi connectivity index (χ3v) is 7.66. The van der Waals surface area contributed by atoms with E-state index in [1.807, 2.05) is 49.4 Å². The van der Waals surface area contributed by atoms with Crippen LogP contribution in [0, 0.1) is 6.92 Å². The lowest BCUT2D eigenvalue weighted by atomic mass is 9.86. The van der Waals surface area contributed by atoms with E-state index < -0.39 is 17.9 Å². The molecule has 1 aliphatic heterocycles. The lowest BCUT2D eigenvalue weighted by molar-refractivity contribution is -0.116. The van der Waals surface area contributed by atoms with Crippen molar-refractivity contribution in [2.45, 2.75) is 39.0 Å². The predicted molar refractivity (Wildman–Crippen MR) is 159 cm³/mol. The summed E-state index contributed by atoms with van der Waals surface area (Å²) in [4.78, 5) is 40.8. The molecule has 1 amide bonds. The molecule has 8 heteroatoms. The zero-order valence-electron chi connectivity index (χ0n) is 23.8. The molecule has 3 aromatic carbocycles. The van der Waals surface area contributed by atoms with Crippen LogP contribution in [0.3, 0.4) is 0 Å². The van der Waals surface area contributed by atoms with Crippen LogP contribution in [0.1, 0.15) is 69.8 Å². The molecule has 1 aromatic heterocycles. The minimum Gasteiger partial charge on any atom is -0.465 e. The predicted octanol–water partition coefficient (Wildman–Crippen LogP) is 7.06. The highest BCUT2D eigenvalue weighted by Gasteiger charge is 2.43. The van der Waals surface area contributed by atoms with Gasteiger partial charge in [0.2, 0.25) is 5.91 Å². The van der Waals surface area contributed by atoms with Gasteiger partial charge >= 0.3 is 11.9 Å². The van der Waals surface area contributed by atoms with Gasteiger partial charge in [-0.1, -0.05) is 74.3 Å². The van der Waals surface area contributed by atoms with Gasteiger partial charge in [0.05, 0.1) is 31.4 Å². The number of aryl methyl sites for hydroxylation is 1. The van der Waals surface area contributed by atoms with E-state index in [0.29, 0.717) is 38.8 Å². The van der Waals surface area contributed by atoms with E-state index in [4.69, 9.17) is 21.1 Å². The monoisotopic (exact) mass is 570 g/mol. The van der Waals surface area contributed by atoms with Crippen LogP contribution in [0.15, 0.2) is 66.7 Å². The highest BCUT2D eigenvalue weighted by molar-refractivity contribution is 6.30. The molecule has 1 aliphatic rings. The number of benzene rings is 3. The number of esters is 2. The third-order valence-electron chi connectivity index (χ3n) is 7.41. The van der Waals surface area contributed by atoms with Gasteiger partial charge in [0.15, 0.2) is 0 Å². The van der Waals surface area contributed by atoms with Crippen LogP contribution in [0.25, 0.3) is 16.9 Å². The normalized spacial score (nSPS) is 14.4. The number of halogens is 1. The molecule has 7 nitrogen and oxygen atoms in total. The van der Waals surface area contributed by atoms with E-state index in [-0.39, 0.29) is 22.6 Å². The second-order valence-electron chi connectivity index (χ2n) is 11.1. The van der Waals surface area contributed by atoms with E-state index in [1.165, 1.54) is 14.2 Å². The third kappa shape index (κ3) is 4.91. The summed E-state index contributed by atoms with van der Waals surface area (Å²) >= 11 is 6.25. The van der Waals surface area contributed by atoms with Gasteiger partial charge < -0.3 is 19.4 Å². The van der Waals surface area contributed by atoms with Crippen LogP contribution in [0.4, 0.5) is 5.69 Å². The molecule has 0 spiro atoms. The summed E-state index contributed by atoms with van der Waals surface area (Å²) in [5.41, 5.74) is 5.32. The van der Waals surface area contributed by atoms with Crippen LogP contribution >= 0.6 is 11.6 Å². The largest absolute Gasteiger partial charge is 0.465 e. The lowest BCUT2D eigenvalue weighted by Gasteiger charge is -2.20. The van der Waals surface area contributed by atoms with Gasteiger partial charge in [0.1, 0.15) is 5.69 Å². The number of hydrogen-bond acceptors (Lipinski definition) is 5. The smallest absolute Gasteiger partial charge is 0.355 e. The zero-order chi connectivity index (χ0) is 29.6. The maximum Gasteiger partial charge on any atom is 0.355 e. The number of amides is 1. The summed E-state index contributed by atoms with van der Waals surface area (Å²) in [5, 5.41) is 3.46. The molecule has 210 valence electrons. The minimum atomic E-state index is -0.900. The molecule has 2 heterocycles. The number of carbonyl (C=O) groups excluding carboxylic acids is 3. The van der Waals surface area contributed by atoms with Crippen LogP contribution < -0.4 is 5.32 Å². The Morgan fingerprint density at radius 1 is 0.902 bits per heavy atom. The number of methoxy groups -OCH3 is 2. The van der Waals surface area contributed by atoms with E-state index in [9.17, 15) is 14.4 Å². The number of hydrogen-bond donors (Lipinski definition) is 1. The van der Waals surface area contributed by atoms with Gasteiger partial charge in [-0.2, -0.15) is 0 Å². The SMILES string of the molecule is COC(=O)c1c(C2C(=O)Nc3ccc(C)cc32)c(-c2ccc(Cl)cc2)n(-c2ccc(C(C)(C)C)cc2)c1C(=O)OC. The Balaban J connectivity index is 1.96. The van der Waals surface area contributed by atoms with Crippen molar-refractivity contribution >= 4 is 35.1 Å². The first-order chi connectivity index (χ1) is 19.5. The average molecular weight is 571 g/mol. The fourth-order valence-corrected chi connectivity index (χ4v) is 5.52. The van der Waals surface area contributed by atoms with Gasteiger partial charge in [-0.15, -0.1) is 0 Å². The molecule has 5 rings (SSSR count). The fourth-order valence-electron chi connectivity index (χ4n) is 5.40. The van der Waals surface area contributed by atoms with Crippen molar-refractivity contribution in [3.8, 4) is 16.9 Å².